The Morgan fingerprint density at radius 2 is 1.19 bits per heavy atom. The number of fused-ring (bicyclic) bond motifs is 3. The second-order valence-electron chi connectivity index (χ2n) is 18.6. The maximum absolute atomic E-state index is 2.59. The van der Waals surface area contributed by atoms with Crippen LogP contribution >= 0.6 is 0 Å². The van der Waals surface area contributed by atoms with Crippen molar-refractivity contribution >= 4 is 11.1 Å². The fraction of sp³-hybridized carbons (Fsp3) is 0.258. The largest absolute Gasteiger partial charge is 0.0842 e. The molecule has 62 heavy (non-hydrogen) atoms. The summed E-state index contributed by atoms with van der Waals surface area (Å²) in [5.74, 6) is 2.58. The van der Waals surface area contributed by atoms with Crippen molar-refractivity contribution in [1.82, 2.24) is 0 Å². The van der Waals surface area contributed by atoms with Gasteiger partial charge in [0.2, 0.25) is 0 Å². The van der Waals surface area contributed by atoms with Crippen LogP contribution in [0.25, 0.3) is 11.1 Å². The molecule has 0 amide bonds. The molecule has 1 aromatic rings. The normalized spacial score (nSPS) is 29.6. The number of allylic oxidation sites excluding steroid dienone is 38. The van der Waals surface area contributed by atoms with E-state index in [1.165, 1.54) is 71.7 Å². The molecule has 0 saturated heterocycles. The predicted molar refractivity (Wildman–Crippen MR) is 263 cm³/mol. The third-order valence-corrected chi connectivity index (χ3v) is 15.0. The van der Waals surface area contributed by atoms with E-state index in [-0.39, 0.29) is 0 Å². The molecule has 0 N–H and O–H groups in total. The van der Waals surface area contributed by atoms with Crippen LogP contribution in [0.5, 0.6) is 0 Å². The van der Waals surface area contributed by atoms with Crippen LogP contribution in [-0.4, -0.2) is 0 Å². The first-order valence-electron chi connectivity index (χ1n) is 23.7. The first kappa shape index (κ1) is 38.9. The smallest absolute Gasteiger partial charge is 0.0134 e. The average Bonchev–Trinajstić information content (AvgIpc) is 3.36. The fourth-order valence-corrected chi connectivity index (χ4v) is 11.8. The summed E-state index contributed by atoms with van der Waals surface area (Å²) >= 11 is 0. The van der Waals surface area contributed by atoms with Gasteiger partial charge in [-0.05, 0) is 153 Å². The zero-order chi connectivity index (χ0) is 41.2. The molecule has 6 atom stereocenters. The Morgan fingerprint density at radius 1 is 0.468 bits per heavy atom. The molecule has 0 aromatic heterocycles. The van der Waals surface area contributed by atoms with Gasteiger partial charge in [-0.15, -0.1) is 0 Å². The molecule has 11 rings (SSSR count). The van der Waals surface area contributed by atoms with Crippen LogP contribution < -0.4 is 10.4 Å². The van der Waals surface area contributed by atoms with Crippen molar-refractivity contribution in [3.05, 3.63) is 261 Å². The molecule has 10 aliphatic rings. The van der Waals surface area contributed by atoms with Gasteiger partial charge < -0.3 is 0 Å². The van der Waals surface area contributed by atoms with Crippen molar-refractivity contribution in [1.29, 1.82) is 0 Å². The maximum atomic E-state index is 2.59. The van der Waals surface area contributed by atoms with Crippen LogP contribution in [0.3, 0.4) is 0 Å². The molecular weight excluding hydrogens is 745 g/mol. The maximum Gasteiger partial charge on any atom is 0.0134 e. The van der Waals surface area contributed by atoms with E-state index < -0.39 is 0 Å². The van der Waals surface area contributed by atoms with Gasteiger partial charge in [-0.2, -0.15) is 0 Å². The summed E-state index contributed by atoms with van der Waals surface area (Å²) in [6.07, 6.45) is 77.8. The average molecular weight is 803 g/mol. The van der Waals surface area contributed by atoms with Gasteiger partial charge in [0.15, 0.2) is 0 Å². The Bertz CT molecular complexity index is 2790. The number of benzene rings is 1. The number of rotatable bonds is 8. The highest BCUT2D eigenvalue weighted by Crippen LogP contribution is 2.46. The topological polar surface area (TPSA) is 0 Å². The van der Waals surface area contributed by atoms with E-state index in [4.69, 9.17) is 0 Å². The molecule has 10 aliphatic carbocycles. The summed E-state index contributed by atoms with van der Waals surface area (Å²) in [7, 11) is 0. The van der Waals surface area contributed by atoms with Gasteiger partial charge in [0, 0.05) is 23.7 Å². The van der Waals surface area contributed by atoms with Gasteiger partial charge in [-0.25, -0.2) is 0 Å². The molecule has 6 unspecified atom stereocenters. The van der Waals surface area contributed by atoms with Crippen molar-refractivity contribution < 1.29 is 0 Å². The summed E-state index contributed by atoms with van der Waals surface area (Å²) in [6, 6.07) is 9.33. The van der Waals surface area contributed by atoms with E-state index >= 15 is 0 Å². The van der Waals surface area contributed by atoms with Crippen LogP contribution in [0.2, 0.25) is 0 Å². The molecule has 0 nitrogen and oxygen atoms in total. The molecule has 306 valence electrons. The SMILES string of the molecule is C1=CCCC(C2=CC=C(C=CC3=CC=C(C4=c5ccccc5=C(C5=CC=C(C6=CC(C7=CCCC=C7)=CC(C7C=CC=CC7)C6)CC5)C5C=CC=CC45)CC3)C3C=CC=CC23)=C1. The lowest BCUT2D eigenvalue weighted by atomic mass is 9.67. The molecule has 0 heteroatoms. The molecular formula is C62H58. The second-order valence-corrected chi connectivity index (χ2v) is 18.6. The van der Waals surface area contributed by atoms with E-state index in [0.29, 0.717) is 35.5 Å². The van der Waals surface area contributed by atoms with Crippen molar-refractivity contribution in [2.24, 2.45) is 35.5 Å². The van der Waals surface area contributed by atoms with E-state index in [1.54, 1.807) is 5.57 Å². The molecule has 0 heterocycles. The highest BCUT2D eigenvalue weighted by molar-refractivity contribution is 5.81. The van der Waals surface area contributed by atoms with Gasteiger partial charge in [0.05, 0.1) is 0 Å². The molecule has 0 aliphatic heterocycles. The third-order valence-electron chi connectivity index (χ3n) is 15.0. The van der Waals surface area contributed by atoms with Crippen LogP contribution in [0.1, 0.15) is 64.2 Å². The lowest BCUT2D eigenvalue weighted by molar-refractivity contribution is 0.467. The highest BCUT2D eigenvalue weighted by Gasteiger charge is 2.35. The van der Waals surface area contributed by atoms with E-state index in [0.717, 1.165) is 64.2 Å². The minimum Gasteiger partial charge on any atom is -0.0842 e. The highest BCUT2D eigenvalue weighted by atomic mass is 14.4. The van der Waals surface area contributed by atoms with Gasteiger partial charge in [0.25, 0.3) is 0 Å². The zero-order valence-electron chi connectivity index (χ0n) is 36.0. The quantitative estimate of drug-likeness (QED) is 0.246. The van der Waals surface area contributed by atoms with Crippen molar-refractivity contribution in [2.75, 3.05) is 0 Å². The predicted octanol–water partition coefficient (Wildman–Crippen LogP) is 14.0. The fourth-order valence-electron chi connectivity index (χ4n) is 11.8. The van der Waals surface area contributed by atoms with Crippen molar-refractivity contribution in [3.63, 3.8) is 0 Å². The van der Waals surface area contributed by atoms with Crippen LogP contribution in [0, 0.1) is 35.5 Å². The molecule has 0 bridgehead atoms. The number of hydrogen-bond donors (Lipinski definition) is 0. The summed E-state index contributed by atoms with van der Waals surface area (Å²) < 4.78 is 0. The van der Waals surface area contributed by atoms with E-state index in [1.807, 2.05) is 0 Å². The van der Waals surface area contributed by atoms with Gasteiger partial charge >= 0.3 is 0 Å². The minimum absolute atomic E-state index is 0.336. The zero-order valence-corrected chi connectivity index (χ0v) is 36.0. The van der Waals surface area contributed by atoms with E-state index in [2.05, 4.69) is 194 Å². The Kier molecular flexibility index (Phi) is 10.9. The van der Waals surface area contributed by atoms with Gasteiger partial charge in [-0.3, -0.25) is 0 Å². The van der Waals surface area contributed by atoms with Crippen LogP contribution in [0.4, 0.5) is 0 Å². The monoisotopic (exact) mass is 802 g/mol. The van der Waals surface area contributed by atoms with Crippen LogP contribution in [-0.2, 0) is 0 Å². The summed E-state index contributed by atoms with van der Waals surface area (Å²) in [5, 5.41) is 2.86. The first-order valence-corrected chi connectivity index (χ1v) is 23.7. The Balaban J connectivity index is 0.904. The standard InChI is InChI=1S/C62H58/c1-4-16-44(17-5-1)51-40-52(45-18-6-2-7-19-45)42-53(41-51)46-34-36-50(37-35-46)62-59-26-14-12-24-57(59)61(58-25-13-15-27-60(58)62)49-32-29-43(30-33-49)28-31-48-38-39-55(47-20-8-3-9-21-47)56-23-11-10-22-54(48)56/h1,3-6,8,10-16,18-20,22-29,31-32,34,36,38-40,42,44,51,54,56-57,59H,2,7,9,17,21,30,33,35,37,41H2. The summed E-state index contributed by atoms with van der Waals surface area (Å²) in [6.45, 7) is 0. The third kappa shape index (κ3) is 7.64. The van der Waals surface area contributed by atoms with E-state index in [9.17, 15) is 0 Å². The molecule has 0 saturated carbocycles. The lowest BCUT2D eigenvalue weighted by Gasteiger charge is -2.36. The Labute approximate surface area is 369 Å². The first-order chi connectivity index (χ1) is 30.7. The second kappa shape index (κ2) is 17.4. The minimum atomic E-state index is 0.336. The molecule has 1 aromatic carbocycles. The van der Waals surface area contributed by atoms with Gasteiger partial charge in [-0.1, -0.05) is 194 Å². The Morgan fingerprint density at radius 3 is 1.87 bits per heavy atom. The van der Waals surface area contributed by atoms with Crippen molar-refractivity contribution in [3.8, 4) is 0 Å². The number of hydrogen-bond acceptors (Lipinski definition) is 0. The summed E-state index contributed by atoms with van der Waals surface area (Å²) in [4.78, 5) is 0. The van der Waals surface area contributed by atoms with Gasteiger partial charge in [0.1, 0.15) is 0 Å². The van der Waals surface area contributed by atoms with Crippen molar-refractivity contribution in [2.45, 2.75) is 64.2 Å². The molecule has 0 spiro atoms. The molecule has 0 fully saturated rings. The lowest BCUT2D eigenvalue weighted by Crippen LogP contribution is -2.40. The van der Waals surface area contributed by atoms with Crippen LogP contribution in [0.15, 0.2) is 250 Å². The Hall–Kier alpha value is -5.98. The summed E-state index contributed by atoms with van der Waals surface area (Å²) in [5.41, 5.74) is 17.8. The molecule has 0 radical (unpaired) electrons.